The van der Waals surface area contributed by atoms with Crippen molar-refractivity contribution in [2.75, 3.05) is 19.6 Å². The molecule has 0 spiro atoms. The smallest absolute Gasteiger partial charge is 0.471 e. The van der Waals surface area contributed by atoms with Gasteiger partial charge in [-0.1, -0.05) is 0 Å². The molecule has 0 bridgehead atoms. The van der Waals surface area contributed by atoms with E-state index in [2.05, 4.69) is 5.32 Å². The Labute approximate surface area is 82.8 Å². The van der Waals surface area contributed by atoms with Crippen LogP contribution in [0.1, 0.15) is 0 Å². The molecule has 0 aromatic carbocycles. The van der Waals surface area contributed by atoms with Gasteiger partial charge in [0, 0.05) is 19.6 Å². The Morgan fingerprint density at radius 3 is 2.47 bits per heavy atom. The van der Waals surface area contributed by atoms with Crippen molar-refractivity contribution >= 4 is 11.9 Å². The van der Waals surface area contributed by atoms with Crippen LogP contribution in [0.5, 0.6) is 0 Å². The fourth-order valence-electron chi connectivity index (χ4n) is 1.33. The third kappa shape index (κ3) is 2.58. The van der Waals surface area contributed by atoms with Gasteiger partial charge in [0.2, 0.25) is 0 Å². The van der Waals surface area contributed by atoms with E-state index in [-0.39, 0.29) is 19.6 Å². The average molecular weight is 226 g/mol. The van der Waals surface area contributed by atoms with Crippen molar-refractivity contribution < 1.29 is 27.9 Å². The maximum Gasteiger partial charge on any atom is 0.471 e. The van der Waals surface area contributed by atoms with Gasteiger partial charge in [0.25, 0.3) is 0 Å². The molecule has 1 atom stereocenters. The van der Waals surface area contributed by atoms with Crippen LogP contribution in [0.25, 0.3) is 0 Å². The summed E-state index contributed by atoms with van der Waals surface area (Å²) in [5.74, 6) is -3.55. The summed E-state index contributed by atoms with van der Waals surface area (Å²) < 4.78 is 36.2. The third-order valence-electron chi connectivity index (χ3n) is 2.03. The number of aliphatic carboxylic acids is 1. The largest absolute Gasteiger partial charge is 0.480 e. The van der Waals surface area contributed by atoms with E-state index in [9.17, 15) is 22.8 Å². The van der Waals surface area contributed by atoms with Gasteiger partial charge in [0.15, 0.2) is 0 Å². The Hall–Kier alpha value is -1.31. The van der Waals surface area contributed by atoms with E-state index in [0.29, 0.717) is 4.90 Å². The number of alkyl halides is 3. The second-order valence-corrected chi connectivity index (χ2v) is 3.05. The fourth-order valence-corrected chi connectivity index (χ4v) is 1.33. The standard InChI is InChI=1S/C7H9F3N2O3/c8-7(9,10)6(15)12-2-1-11-3-4(12)5(13)14/h4,11H,1-3H2,(H,13,14)/t4-/m0/s1. The van der Waals surface area contributed by atoms with Gasteiger partial charge in [-0.15, -0.1) is 0 Å². The number of carbonyl (C=O) groups is 2. The molecule has 0 aromatic heterocycles. The minimum absolute atomic E-state index is 0.158. The molecule has 5 nitrogen and oxygen atoms in total. The Kier molecular flexibility index (Phi) is 3.18. The first-order chi connectivity index (χ1) is 6.84. The van der Waals surface area contributed by atoms with Crippen LogP contribution >= 0.6 is 0 Å². The van der Waals surface area contributed by atoms with E-state index < -0.39 is 24.1 Å². The van der Waals surface area contributed by atoms with Gasteiger partial charge in [0.05, 0.1) is 0 Å². The minimum Gasteiger partial charge on any atom is -0.480 e. The molecule has 1 rings (SSSR count). The summed E-state index contributed by atoms with van der Waals surface area (Å²) in [5, 5.41) is 11.2. The molecular weight excluding hydrogens is 217 g/mol. The lowest BCUT2D eigenvalue weighted by Gasteiger charge is -2.33. The molecule has 1 fully saturated rings. The average Bonchev–Trinajstić information content (AvgIpc) is 2.15. The van der Waals surface area contributed by atoms with Crippen molar-refractivity contribution in [3.63, 3.8) is 0 Å². The number of nitrogens with one attached hydrogen (secondary N) is 1. The molecular formula is C7H9F3N2O3. The lowest BCUT2D eigenvalue weighted by atomic mass is 10.2. The summed E-state index contributed by atoms with van der Waals surface area (Å²) in [4.78, 5) is 21.8. The maximum absolute atomic E-state index is 12.1. The topological polar surface area (TPSA) is 69.6 Å². The number of piperazine rings is 1. The summed E-state index contributed by atoms with van der Waals surface area (Å²) in [7, 11) is 0. The molecule has 15 heavy (non-hydrogen) atoms. The van der Waals surface area contributed by atoms with Crippen molar-refractivity contribution in [3.8, 4) is 0 Å². The van der Waals surface area contributed by atoms with Gasteiger partial charge in [-0.3, -0.25) is 4.79 Å². The molecule has 0 aromatic rings. The Balaban J connectivity index is 2.81. The zero-order chi connectivity index (χ0) is 11.6. The molecule has 8 heteroatoms. The SMILES string of the molecule is O=C(O)[C@@H]1CNCCN1C(=O)C(F)(F)F. The molecule has 1 amide bonds. The summed E-state index contributed by atoms with van der Waals surface area (Å²) in [6.07, 6.45) is -5.02. The van der Waals surface area contributed by atoms with Crippen molar-refractivity contribution in [1.29, 1.82) is 0 Å². The predicted molar refractivity (Wildman–Crippen MR) is 42.1 cm³/mol. The van der Waals surface area contributed by atoms with E-state index in [1.807, 2.05) is 0 Å². The molecule has 1 heterocycles. The number of halogens is 3. The summed E-state index contributed by atoms with van der Waals surface area (Å²) in [6.45, 7) is -0.266. The first kappa shape index (κ1) is 11.8. The number of carboxylic acid groups (broad SMARTS) is 1. The number of hydrogen-bond acceptors (Lipinski definition) is 3. The van der Waals surface area contributed by atoms with Gasteiger partial charge in [-0.2, -0.15) is 13.2 Å². The first-order valence-corrected chi connectivity index (χ1v) is 4.15. The highest BCUT2D eigenvalue weighted by molar-refractivity contribution is 5.87. The van der Waals surface area contributed by atoms with Gasteiger partial charge in [-0.05, 0) is 0 Å². The zero-order valence-electron chi connectivity index (χ0n) is 7.54. The molecule has 2 N–H and O–H groups in total. The lowest BCUT2D eigenvalue weighted by Crippen LogP contribution is -2.59. The highest BCUT2D eigenvalue weighted by Gasteiger charge is 2.46. The summed E-state index contributed by atoms with van der Waals surface area (Å²) in [6, 6.07) is -1.45. The van der Waals surface area contributed by atoms with Crippen LogP contribution in [0.3, 0.4) is 0 Å². The zero-order valence-corrected chi connectivity index (χ0v) is 7.54. The highest BCUT2D eigenvalue weighted by atomic mass is 19.4. The Morgan fingerprint density at radius 1 is 1.40 bits per heavy atom. The van der Waals surface area contributed by atoms with Crippen LogP contribution in [-0.4, -0.2) is 53.7 Å². The highest BCUT2D eigenvalue weighted by Crippen LogP contribution is 2.20. The second-order valence-electron chi connectivity index (χ2n) is 3.05. The second kappa shape index (κ2) is 4.05. The minimum atomic E-state index is -5.02. The van der Waals surface area contributed by atoms with Crippen molar-refractivity contribution in [2.45, 2.75) is 12.2 Å². The third-order valence-corrected chi connectivity index (χ3v) is 2.03. The van der Waals surface area contributed by atoms with Crippen LogP contribution in [-0.2, 0) is 9.59 Å². The number of rotatable bonds is 1. The molecule has 1 aliphatic rings. The predicted octanol–water partition coefficient (Wildman–Crippen LogP) is -0.566. The number of hydrogen-bond donors (Lipinski definition) is 2. The van der Waals surface area contributed by atoms with Crippen LogP contribution in [0, 0.1) is 0 Å². The van der Waals surface area contributed by atoms with Crippen LogP contribution in [0.2, 0.25) is 0 Å². The molecule has 0 radical (unpaired) electrons. The molecule has 1 aliphatic heterocycles. The monoisotopic (exact) mass is 226 g/mol. The van der Waals surface area contributed by atoms with E-state index in [1.165, 1.54) is 0 Å². The van der Waals surface area contributed by atoms with Crippen molar-refractivity contribution in [1.82, 2.24) is 10.2 Å². The van der Waals surface area contributed by atoms with Crippen molar-refractivity contribution in [2.24, 2.45) is 0 Å². The molecule has 86 valence electrons. The van der Waals surface area contributed by atoms with E-state index >= 15 is 0 Å². The first-order valence-electron chi connectivity index (χ1n) is 4.15. The molecule has 1 saturated heterocycles. The number of carbonyl (C=O) groups excluding carboxylic acids is 1. The molecule has 0 unspecified atom stereocenters. The fraction of sp³-hybridized carbons (Fsp3) is 0.714. The molecule has 0 aliphatic carbocycles. The summed E-state index contributed by atoms with van der Waals surface area (Å²) in [5.41, 5.74) is 0. The van der Waals surface area contributed by atoms with Gasteiger partial charge < -0.3 is 15.3 Å². The van der Waals surface area contributed by atoms with E-state index in [1.54, 1.807) is 0 Å². The number of nitrogens with zero attached hydrogens (tertiary/aromatic N) is 1. The van der Waals surface area contributed by atoms with Crippen LogP contribution in [0.15, 0.2) is 0 Å². The van der Waals surface area contributed by atoms with Crippen molar-refractivity contribution in [3.05, 3.63) is 0 Å². The maximum atomic E-state index is 12.1. The van der Waals surface area contributed by atoms with Crippen LogP contribution in [0.4, 0.5) is 13.2 Å². The Morgan fingerprint density at radius 2 is 2.00 bits per heavy atom. The van der Waals surface area contributed by atoms with E-state index in [4.69, 9.17) is 5.11 Å². The number of carboxylic acids is 1. The lowest BCUT2D eigenvalue weighted by molar-refractivity contribution is -0.190. The molecule has 0 saturated carbocycles. The van der Waals surface area contributed by atoms with Gasteiger partial charge in [0.1, 0.15) is 6.04 Å². The van der Waals surface area contributed by atoms with Crippen LogP contribution < -0.4 is 5.32 Å². The van der Waals surface area contributed by atoms with Gasteiger partial charge >= 0.3 is 18.1 Å². The van der Waals surface area contributed by atoms with Gasteiger partial charge in [-0.25, -0.2) is 4.79 Å². The summed E-state index contributed by atoms with van der Waals surface area (Å²) >= 11 is 0. The normalized spacial score (nSPS) is 22.6. The van der Waals surface area contributed by atoms with E-state index in [0.717, 1.165) is 0 Å². The Bertz CT molecular complexity index is 279. The quantitative estimate of drug-likeness (QED) is 0.628. The number of amides is 1.